The van der Waals surface area contributed by atoms with E-state index in [0.29, 0.717) is 0 Å². The van der Waals surface area contributed by atoms with E-state index >= 15 is 0 Å². The molecule has 0 aromatic rings. The predicted octanol–water partition coefficient (Wildman–Crippen LogP) is 1.18. The van der Waals surface area contributed by atoms with Crippen molar-refractivity contribution in [3.8, 4) is 0 Å². The van der Waals surface area contributed by atoms with Crippen LogP contribution in [-0.4, -0.2) is 31.4 Å². The van der Waals surface area contributed by atoms with Crippen LogP contribution in [-0.2, 0) is 4.84 Å². The first-order chi connectivity index (χ1) is 4.27. The second-order valence-corrected chi connectivity index (χ2v) is 2.88. The van der Waals surface area contributed by atoms with Gasteiger partial charge in [-0.3, -0.25) is 0 Å². The zero-order valence-electron chi connectivity index (χ0n) is 6.39. The molecule has 0 bridgehead atoms. The summed E-state index contributed by atoms with van der Waals surface area (Å²) in [5, 5.41) is 0. The van der Waals surface area contributed by atoms with Crippen molar-refractivity contribution in [2.45, 2.75) is 19.8 Å². The van der Waals surface area contributed by atoms with Crippen molar-refractivity contribution in [1.29, 1.82) is 0 Å². The number of rotatable bonds is 1. The molecule has 1 rings (SSSR count). The highest BCUT2D eigenvalue weighted by Crippen LogP contribution is 2.12. The first-order valence-electron chi connectivity index (χ1n) is 3.76. The number of quaternary nitrogens is 1. The van der Waals surface area contributed by atoms with Crippen LogP contribution in [0.15, 0.2) is 0 Å². The van der Waals surface area contributed by atoms with Gasteiger partial charge in [-0.25, -0.2) is 4.84 Å². The molecule has 1 saturated heterocycles. The van der Waals surface area contributed by atoms with E-state index in [9.17, 15) is 0 Å². The molecule has 0 aliphatic carbocycles. The fraction of sp³-hybridized carbons (Fsp3) is 1.00. The lowest BCUT2D eigenvalue weighted by atomic mass is 10.3. The van der Waals surface area contributed by atoms with Gasteiger partial charge in [0.15, 0.2) is 0 Å². The Morgan fingerprint density at radius 1 is 1.44 bits per heavy atom. The Balaban J connectivity index is 2.37. The van der Waals surface area contributed by atoms with E-state index in [2.05, 4.69) is 14.0 Å². The van der Waals surface area contributed by atoms with E-state index < -0.39 is 0 Å². The van der Waals surface area contributed by atoms with Crippen LogP contribution in [0.1, 0.15) is 19.8 Å². The van der Waals surface area contributed by atoms with E-state index in [1.165, 1.54) is 19.4 Å². The monoisotopic (exact) mass is 130 g/mol. The lowest BCUT2D eigenvalue weighted by Gasteiger charge is -2.33. The quantitative estimate of drug-likeness (QED) is 0.484. The van der Waals surface area contributed by atoms with Gasteiger partial charge in [-0.2, -0.15) is 4.65 Å². The van der Waals surface area contributed by atoms with E-state index in [4.69, 9.17) is 4.84 Å². The van der Waals surface area contributed by atoms with Crippen molar-refractivity contribution in [3.05, 3.63) is 0 Å². The van der Waals surface area contributed by atoms with Crippen molar-refractivity contribution in [2.24, 2.45) is 0 Å². The summed E-state index contributed by atoms with van der Waals surface area (Å²) in [7, 11) is 2.15. The number of hydroxylamine groups is 3. The van der Waals surface area contributed by atoms with E-state index in [1.54, 1.807) is 0 Å². The lowest BCUT2D eigenvalue weighted by molar-refractivity contribution is -1.09. The Morgan fingerprint density at radius 2 is 2.22 bits per heavy atom. The smallest absolute Gasteiger partial charge is 0.109 e. The summed E-state index contributed by atoms with van der Waals surface area (Å²) in [6, 6.07) is 0. The van der Waals surface area contributed by atoms with Crippen LogP contribution in [0.2, 0.25) is 0 Å². The summed E-state index contributed by atoms with van der Waals surface area (Å²) in [5.74, 6) is 0. The van der Waals surface area contributed by atoms with Crippen molar-refractivity contribution in [2.75, 3.05) is 26.7 Å². The Morgan fingerprint density at radius 3 is 2.56 bits per heavy atom. The summed E-state index contributed by atoms with van der Waals surface area (Å²) >= 11 is 0. The molecule has 1 aliphatic rings. The van der Waals surface area contributed by atoms with Gasteiger partial charge in [-0.15, -0.1) is 0 Å². The van der Waals surface area contributed by atoms with Crippen molar-refractivity contribution < 1.29 is 9.48 Å². The Bertz CT molecular complexity index is 86.9. The minimum absolute atomic E-state index is 0.819. The zero-order chi connectivity index (χ0) is 6.74. The van der Waals surface area contributed by atoms with Gasteiger partial charge in [0.1, 0.15) is 19.7 Å². The van der Waals surface area contributed by atoms with E-state index in [1.807, 2.05) is 0 Å². The normalized spacial score (nSPS) is 36.7. The molecule has 1 unspecified atom stereocenters. The summed E-state index contributed by atoms with van der Waals surface area (Å²) in [6.07, 6.45) is 2.57. The van der Waals surface area contributed by atoms with Gasteiger partial charge < -0.3 is 0 Å². The van der Waals surface area contributed by atoms with Gasteiger partial charge in [-0.1, -0.05) is 0 Å². The van der Waals surface area contributed by atoms with Crippen LogP contribution in [0.3, 0.4) is 0 Å². The van der Waals surface area contributed by atoms with Crippen molar-refractivity contribution >= 4 is 0 Å². The SMILES string of the molecule is CC[N+]1(C)CCCCO1. The molecule has 0 aromatic heterocycles. The van der Waals surface area contributed by atoms with Gasteiger partial charge in [0, 0.05) is 6.42 Å². The molecular weight excluding hydrogens is 114 g/mol. The van der Waals surface area contributed by atoms with E-state index in [-0.39, 0.29) is 0 Å². The Hall–Kier alpha value is -0.0800. The van der Waals surface area contributed by atoms with Crippen molar-refractivity contribution in [1.82, 2.24) is 0 Å². The van der Waals surface area contributed by atoms with Crippen LogP contribution >= 0.6 is 0 Å². The van der Waals surface area contributed by atoms with Gasteiger partial charge in [0.2, 0.25) is 0 Å². The van der Waals surface area contributed by atoms with Gasteiger partial charge >= 0.3 is 0 Å². The number of hydrogen-bond acceptors (Lipinski definition) is 1. The minimum atomic E-state index is 0.819. The largest absolute Gasteiger partial charge is 0.203 e. The van der Waals surface area contributed by atoms with Gasteiger partial charge in [-0.05, 0) is 13.3 Å². The first-order valence-corrected chi connectivity index (χ1v) is 3.76. The maximum absolute atomic E-state index is 5.55. The predicted molar refractivity (Wildman–Crippen MR) is 36.8 cm³/mol. The molecule has 1 atom stereocenters. The molecule has 9 heavy (non-hydrogen) atoms. The molecule has 1 aliphatic heterocycles. The highest BCUT2D eigenvalue weighted by atomic mass is 16.7. The molecule has 0 saturated carbocycles. The molecule has 0 amide bonds. The number of hydrogen-bond donors (Lipinski definition) is 0. The maximum atomic E-state index is 5.55. The average molecular weight is 130 g/mol. The minimum Gasteiger partial charge on any atom is -0.203 e. The lowest BCUT2D eigenvalue weighted by Crippen LogP contribution is -2.47. The molecule has 0 N–H and O–H groups in total. The molecule has 1 fully saturated rings. The maximum Gasteiger partial charge on any atom is 0.109 e. The molecule has 2 nitrogen and oxygen atoms in total. The Labute approximate surface area is 57.0 Å². The van der Waals surface area contributed by atoms with Crippen LogP contribution in [0, 0.1) is 0 Å². The molecule has 2 heteroatoms. The summed E-state index contributed by atoms with van der Waals surface area (Å²) in [6.45, 7) is 5.41. The van der Waals surface area contributed by atoms with Crippen LogP contribution in [0.5, 0.6) is 0 Å². The zero-order valence-corrected chi connectivity index (χ0v) is 6.39. The molecule has 0 spiro atoms. The Kier molecular flexibility index (Phi) is 2.09. The third kappa shape index (κ3) is 1.66. The third-order valence-electron chi connectivity index (χ3n) is 2.10. The van der Waals surface area contributed by atoms with Crippen molar-refractivity contribution in [3.63, 3.8) is 0 Å². The highest BCUT2D eigenvalue weighted by Gasteiger charge is 2.23. The fourth-order valence-corrected chi connectivity index (χ4v) is 1.15. The van der Waals surface area contributed by atoms with Gasteiger partial charge in [0.05, 0.1) is 7.05 Å². The fourth-order valence-electron chi connectivity index (χ4n) is 1.15. The summed E-state index contributed by atoms with van der Waals surface area (Å²) < 4.78 is 0.819. The molecule has 54 valence electrons. The summed E-state index contributed by atoms with van der Waals surface area (Å²) in [4.78, 5) is 5.55. The molecule has 0 radical (unpaired) electrons. The van der Waals surface area contributed by atoms with E-state index in [0.717, 1.165) is 17.8 Å². The first kappa shape index (κ1) is 7.03. The average Bonchev–Trinajstić information content (AvgIpc) is 1.90. The molecule has 0 aromatic carbocycles. The second-order valence-electron chi connectivity index (χ2n) is 2.88. The third-order valence-corrected chi connectivity index (χ3v) is 2.10. The topological polar surface area (TPSA) is 9.23 Å². The van der Waals surface area contributed by atoms with Gasteiger partial charge in [0.25, 0.3) is 0 Å². The summed E-state index contributed by atoms with van der Waals surface area (Å²) in [5.41, 5.74) is 0. The number of nitrogens with zero attached hydrogens (tertiary/aromatic N) is 1. The second kappa shape index (κ2) is 2.67. The standard InChI is InChI=1S/C7H16NO/c1-3-8(2)6-4-5-7-9-8/h3-7H2,1-2H3/q+1. The molecular formula is C7H16NO+. The van der Waals surface area contributed by atoms with Crippen LogP contribution in [0.4, 0.5) is 0 Å². The van der Waals surface area contributed by atoms with Crippen LogP contribution in [0.25, 0.3) is 0 Å². The van der Waals surface area contributed by atoms with Crippen LogP contribution < -0.4 is 0 Å². The molecule has 1 heterocycles. The highest BCUT2D eigenvalue weighted by molar-refractivity contribution is 4.40.